The van der Waals surface area contributed by atoms with Crippen LogP contribution in [0, 0.1) is 0 Å². The first-order valence-electron chi connectivity index (χ1n) is 25.0. The van der Waals surface area contributed by atoms with E-state index in [1.54, 1.807) is 97.1 Å². The summed E-state index contributed by atoms with van der Waals surface area (Å²) in [7, 11) is 16.9. The van der Waals surface area contributed by atoms with E-state index >= 15 is 0 Å². The molecule has 1 heterocycles. The average Bonchev–Trinajstić information content (AvgIpc) is 2.48. The zero-order valence-corrected chi connectivity index (χ0v) is 46.7. The molecule has 0 spiro atoms. The van der Waals surface area contributed by atoms with Crippen LogP contribution in [0.3, 0.4) is 0 Å². The Hall–Kier alpha value is -5.92. The molecule has 11 rings (SSSR count). The van der Waals surface area contributed by atoms with E-state index in [4.69, 9.17) is 17.0 Å². The number of allylic oxidation sites excluding steroid dienone is 2. The molecule has 2 aliphatic carbocycles. The maximum absolute atomic E-state index is 14.8. The van der Waals surface area contributed by atoms with Crippen molar-refractivity contribution in [3.63, 3.8) is 0 Å². The molecule has 78 heavy (non-hydrogen) atoms. The summed E-state index contributed by atoms with van der Waals surface area (Å²) in [5.74, 6) is 0. The molecule has 0 nitrogen and oxygen atoms in total. The molecule has 8 aromatic carbocycles. The van der Waals surface area contributed by atoms with Crippen molar-refractivity contribution in [2.45, 2.75) is 58.6 Å². The molecule has 0 saturated carbocycles. The topological polar surface area (TPSA) is 0 Å². The Morgan fingerprint density at radius 1 is 0.410 bits per heavy atom. The fourth-order valence-electron chi connectivity index (χ4n) is 12.5. The molecule has 0 amide bonds. The fraction of sp³-hybridized carbons (Fsp3) is 0.161. The van der Waals surface area contributed by atoms with Gasteiger partial charge in [0, 0.05) is 0 Å². The van der Waals surface area contributed by atoms with Crippen molar-refractivity contribution in [1.29, 1.82) is 0 Å². The van der Waals surface area contributed by atoms with Gasteiger partial charge in [-0.1, -0.05) is 0 Å². The van der Waals surface area contributed by atoms with Crippen LogP contribution in [0.25, 0.3) is 67.8 Å². The predicted molar refractivity (Wildman–Crippen MR) is 288 cm³/mol. The molecule has 0 bridgehead atoms. The second-order valence-corrected chi connectivity index (χ2v) is 42.6. The number of hydrogen-bond acceptors (Lipinski definition) is 0. The zero-order valence-electron chi connectivity index (χ0n) is 41.3. The molecule has 0 N–H and O–H groups in total. The SMILES string of the molecule is CCC1=Cc2c(ccc(-c3ccccc3)c2-c2cc(C(F)(F)F)cc(C(F)(F)F)c2)[CH]1[Zr]([Cl])([Cl])([c]1cccc2c1[SiH2]c1ccccc1-2)[CH]1C(CC)=Cc2c1ccc(-c1ccccc1)c2-c1cc(C(F)(F)F)cc(C(F)(F)F)c1. The van der Waals surface area contributed by atoms with Crippen LogP contribution in [0.5, 0.6) is 0 Å². The number of rotatable bonds is 9. The Balaban J connectivity index is 1.26. The standard InChI is InChI=1S/2C25H17F6.C12H9Si.2ClH.Zr/c2*1-2-15-10-17-8-9-21(16-6-4-3-5-7-16)23(22(17)11-15)18-12-19(24(26,27)28)14-20(13-18)25(29,30)31;1-3-7-11-9(5-1)10-6-2-4-8-12(10)13-11;;;/h2*3-14H,2H2,1H3;1-7H,13H2;2*1H;/q;;;;;+2/p-2. The van der Waals surface area contributed by atoms with Crippen LogP contribution in [-0.4, -0.2) is 9.52 Å². The Kier molecular flexibility index (Phi) is 13.3. The fourth-order valence-corrected chi connectivity index (χ4v) is 40.8. The molecule has 0 saturated heterocycles. The Bertz CT molecular complexity index is 3540. The molecular formula is C62H43Cl2F12SiZr. The van der Waals surface area contributed by atoms with Gasteiger partial charge >= 0.3 is 455 Å². The molecule has 3 aliphatic rings. The van der Waals surface area contributed by atoms with Gasteiger partial charge in [-0.25, -0.2) is 0 Å². The third-order valence-electron chi connectivity index (χ3n) is 15.7. The first kappa shape index (κ1) is 54.1. The van der Waals surface area contributed by atoms with Crippen molar-refractivity contribution in [2.24, 2.45) is 0 Å². The summed E-state index contributed by atoms with van der Waals surface area (Å²) in [5.41, 5.74) is -0.0397. The van der Waals surface area contributed by atoms with E-state index in [2.05, 4.69) is 0 Å². The molecular weight excluding hydrogens is 1160 g/mol. The summed E-state index contributed by atoms with van der Waals surface area (Å²) in [6, 6.07) is 40.9. The van der Waals surface area contributed by atoms with Crippen molar-refractivity contribution >= 4 is 52.3 Å². The molecule has 8 aromatic rings. The molecule has 397 valence electrons. The van der Waals surface area contributed by atoms with Gasteiger partial charge in [0.2, 0.25) is 0 Å². The van der Waals surface area contributed by atoms with E-state index in [-0.39, 0.29) is 47.2 Å². The van der Waals surface area contributed by atoms with E-state index in [9.17, 15) is 52.7 Å². The first-order valence-corrected chi connectivity index (χ1v) is 36.9. The third kappa shape index (κ3) is 8.97. The van der Waals surface area contributed by atoms with Gasteiger partial charge in [-0.05, 0) is 0 Å². The zero-order chi connectivity index (χ0) is 55.5. The number of benzene rings is 8. The minimum absolute atomic E-state index is 0.0900. The van der Waals surface area contributed by atoms with E-state index < -0.39 is 80.1 Å². The normalized spacial score (nSPS) is 17.0. The van der Waals surface area contributed by atoms with Gasteiger partial charge in [0.15, 0.2) is 0 Å². The molecule has 1 aliphatic heterocycles. The van der Waals surface area contributed by atoms with E-state index in [0.717, 1.165) is 45.8 Å². The van der Waals surface area contributed by atoms with Crippen LogP contribution in [0.1, 0.15) is 78.4 Å². The van der Waals surface area contributed by atoms with Gasteiger partial charge in [-0.2, -0.15) is 0 Å². The molecule has 0 aromatic heterocycles. The van der Waals surface area contributed by atoms with Crippen LogP contribution in [-0.2, 0) is 41.1 Å². The van der Waals surface area contributed by atoms with Crippen LogP contribution in [0.15, 0.2) is 175 Å². The number of hydrogen-bond donors (Lipinski definition) is 0. The van der Waals surface area contributed by atoms with Crippen molar-refractivity contribution in [2.75, 3.05) is 0 Å². The van der Waals surface area contributed by atoms with Crippen molar-refractivity contribution < 1.29 is 69.1 Å². The number of fused-ring (bicyclic) bond motifs is 5. The van der Waals surface area contributed by atoms with E-state index in [1.807, 2.05) is 56.3 Å². The van der Waals surface area contributed by atoms with Gasteiger partial charge < -0.3 is 0 Å². The van der Waals surface area contributed by atoms with Gasteiger partial charge in [0.1, 0.15) is 0 Å². The van der Waals surface area contributed by atoms with Crippen molar-refractivity contribution in [1.82, 2.24) is 0 Å². The second kappa shape index (κ2) is 19.1. The monoisotopic (exact) mass is 1200 g/mol. The molecule has 2 unspecified atom stereocenters. The van der Waals surface area contributed by atoms with Crippen molar-refractivity contribution in [3.8, 4) is 55.6 Å². The summed E-state index contributed by atoms with van der Waals surface area (Å²) in [6.07, 6.45) is -16.6. The summed E-state index contributed by atoms with van der Waals surface area (Å²) >= 11 is -6.65. The van der Waals surface area contributed by atoms with Crippen LogP contribution in [0.2, 0.25) is 0 Å². The predicted octanol–water partition coefficient (Wildman–Crippen LogP) is 18.2. The first-order chi connectivity index (χ1) is 36.8. The molecule has 0 radical (unpaired) electrons. The Labute approximate surface area is 452 Å². The molecule has 0 fully saturated rings. The summed E-state index contributed by atoms with van der Waals surface area (Å²) in [5, 5.41) is 2.06. The van der Waals surface area contributed by atoms with Crippen molar-refractivity contribution in [3.05, 3.63) is 219 Å². The van der Waals surface area contributed by atoms with Gasteiger partial charge in [-0.3, -0.25) is 0 Å². The van der Waals surface area contributed by atoms with Gasteiger partial charge in [-0.15, -0.1) is 0 Å². The number of halogens is 14. The minimum atomic E-state index is -6.65. The average molecular weight is 1210 g/mol. The Morgan fingerprint density at radius 3 is 1.19 bits per heavy atom. The van der Waals surface area contributed by atoms with Gasteiger partial charge in [0.25, 0.3) is 0 Å². The third-order valence-corrected chi connectivity index (χ3v) is 38.5. The van der Waals surface area contributed by atoms with E-state index in [0.29, 0.717) is 58.9 Å². The van der Waals surface area contributed by atoms with Crippen LogP contribution < -0.4 is 13.6 Å². The summed E-state index contributed by atoms with van der Waals surface area (Å²) < 4.78 is 176. The maximum atomic E-state index is 14.8. The Morgan fingerprint density at radius 2 is 0.795 bits per heavy atom. The summed E-state index contributed by atoms with van der Waals surface area (Å²) in [4.78, 5) is 0. The number of alkyl halides is 12. The van der Waals surface area contributed by atoms with Crippen LogP contribution in [0.4, 0.5) is 52.7 Å². The summed E-state index contributed by atoms with van der Waals surface area (Å²) in [6.45, 7) is 3.74. The van der Waals surface area contributed by atoms with Gasteiger partial charge in [0.05, 0.1) is 0 Å². The van der Waals surface area contributed by atoms with Crippen LogP contribution >= 0.6 is 17.0 Å². The van der Waals surface area contributed by atoms with E-state index in [1.165, 1.54) is 0 Å². The second-order valence-electron chi connectivity index (χ2n) is 20.1. The quantitative estimate of drug-likeness (QED) is 0.0998. The molecule has 2 atom stereocenters. The molecule has 16 heteroatoms.